The third-order valence-electron chi connectivity index (χ3n) is 4.09. The third-order valence-corrected chi connectivity index (χ3v) is 5.56. The Morgan fingerprint density at radius 1 is 0.963 bits per heavy atom. The summed E-state index contributed by atoms with van der Waals surface area (Å²) in [6.07, 6.45) is 0. The fourth-order valence-electron chi connectivity index (χ4n) is 2.42. The predicted molar refractivity (Wildman–Crippen MR) is 106 cm³/mol. The van der Waals surface area contributed by atoms with Gasteiger partial charge in [-0.3, -0.25) is 4.79 Å². The van der Waals surface area contributed by atoms with Gasteiger partial charge in [-0.15, -0.1) is 0 Å². The SMILES string of the molecule is COc1ccc(C(=O)NCCNS(=O)(=O)c2ccc(C(C)(C)C)cc2)cc1. The first-order valence-corrected chi connectivity index (χ1v) is 10.1. The molecule has 0 spiro atoms. The van der Waals surface area contributed by atoms with Crippen molar-refractivity contribution in [2.75, 3.05) is 20.2 Å². The van der Waals surface area contributed by atoms with Crippen LogP contribution in [0.1, 0.15) is 36.7 Å². The van der Waals surface area contributed by atoms with E-state index in [1.54, 1.807) is 43.5 Å². The number of nitrogens with one attached hydrogen (secondary N) is 2. The monoisotopic (exact) mass is 390 g/mol. The van der Waals surface area contributed by atoms with E-state index >= 15 is 0 Å². The number of carbonyl (C=O) groups is 1. The Hall–Kier alpha value is -2.38. The molecule has 2 N–H and O–H groups in total. The molecule has 0 aliphatic carbocycles. The molecule has 2 aromatic carbocycles. The van der Waals surface area contributed by atoms with Crippen molar-refractivity contribution >= 4 is 15.9 Å². The number of ether oxygens (including phenoxy) is 1. The minimum absolute atomic E-state index is 0.0402. The van der Waals surface area contributed by atoms with Gasteiger partial charge in [0.2, 0.25) is 10.0 Å². The molecule has 0 saturated heterocycles. The predicted octanol–water partition coefficient (Wildman–Crippen LogP) is 2.70. The largest absolute Gasteiger partial charge is 0.497 e. The summed E-state index contributed by atoms with van der Waals surface area (Å²) in [6, 6.07) is 13.5. The molecule has 7 heteroatoms. The van der Waals surface area contributed by atoms with Crippen molar-refractivity contribution in [3.05, 3.63) is 59.7 Å². The zero-order valence-corrected chi connectivity index (χ0v) is 16.9. The normalized spacial score (nSPS) is 11.9. The van der Waals surface area contributed by atoms with Crippen LogP contribution in [0.2, 0.25) is 0 Å². The van der Waals surface area contributed by atoms with Gasteiger partial charge in [0.25, 0.3) is 5.91 Å². The second-order valence-electron chi connectivity index (χ2n) is 7.16. The smallest absolute Gasteiger partial charge is 0.251 e. The number of hydrogen-bond donors (Lipinski definition) is 2. The Kier molecular flexibility index (Phi) is 6.62. The lowest BCUT2D eigenvalue weighted by atomic mass is 9.87. The van der Waals surface area contributed by atoms with Crippen LogP contribution in [-0.2, 0) is 15.4 Å². The van der Waals surface area contributed by atoms with E-state index in [0.29, 0.717) is 11.3 Å². The van der Waals surface area contributed by atoms with Crippen molar-refractivity contribution in [2.45, 2.75) is 31.1 Å². The highest BCUT2D eigenvalue weighted by Gasteiger charge is 2.17. The number of sulfonamides is 1. The van der Waals surface area contributed by atoms with Crippen LogP contribution in [0.15, 0.2) is 53.4 Å². The number of carbonyl (C=O) groups excluding carboxylic acids is 1. The minimum atomic E-state index is -3.61. The van der Waals surface area contributed by atoms with Crippen LogP contribution >= 0.6 is 0 Å². The first-order valence-electron chi connectivity index (χ1n) is 8.66. The van der Waals surface area contributed by atoms with Crippen molar-refractivity contribution in [3.63, 3.8) is 0 Å². The number of hydrogen-bond acceptors (Lipinski definition) is 4. The quantitative estimate of drug-likeness (QED) is 0.712. The summed E-state index contributed by atoms with van der Waals surface area (Å²) >= 11 is 0. The van der Waals surface area contributed by atoms with Gasteiger partial charge < -0.3 is 10.1 Å². The van der Waals surface area contributed by atoms with E-state index in [4.69, 9.17) is 4.74 Å². The summed E-state index contributed by atoms with van der Waals surface area (Å²) in [5, 5.41) is 2.68. The summed E-state index contributed by atoms with van der Waals surface area (Å²) in [5.41, 5.74) is 1.51. The van der Waals surface area contributed by atoms with Gasteiger partial charge in [0, 0.05) is 18.7 Å². The lowest BCUT2D eigenvalue weighted by molar-refractivity contribution is 0.0954. The first kappa shape index (κ1) is 20.9. The molecule has 0 aromatic heterocycles. The Morgan fingerprint density at radius 3 is 2.07 bits per heavy atom. The summed E-state index contributed by atoms with van der Waals surface area (Å²) < 4.78 is 32.2. The molecular weight excluding hydrogens is 364 g/mol. The van der Waals surface area contributed by atoms with Crippen LogP contribution in [0, 0.1) is 0 Å². The van der Waals surface area contributed by atoms with Crippen molar-refractivity contribution in [1.29, 1.82) is 0 Å². The van der Waals surface area contributed by atoms with Crippen LogP contribution < -0.4 is 14.8 Å². The third kappa shape index (κ3) is 5.80. The van der Waals surface area contributed by atoms with E-state index in [-0.39, 0.29) is 29.3 Å². The lowest BCUT2D eigenvalue weighted by Gasteiger charge is -2.19. The van der Waals surface area contributed by atoms with Crippen LogP contribution in [0.4, 0.5) is 0 Å². The van der Waals surface area contributed by atoms with Crippen LogP contribution in [0.3, 0.4) is 0 Å². The summed E-state index contributed by atoms with van der Waals surface area (Å²) in [4.78, 5) is 12.2. The molecule has 0 atom stereocenters. The van der Waals surface area contributed by atoms with Crippen molar-refractivity contribution in [2.24, 2.45) is 0 Å². The van der Waals surface area contributed by atoms with Crippen LogP contribution in [0.25, 0.3) is 0 Å². The second-order valence-corrected chi connectivity index (χ2v) is 8.92. The fraction of sp³-hybridized carbons (Fsp3) is 0.350. The zero-order valence-electron chi connectivity index (χ0n) is 16.1. The average molecular weight is 391 g/mol. The van der Waals surface area contributed by atoms with Crippen molar-refractivity contribution < 1.29 is 17.9 Å². The molecule has 6 nitrogen and oxygen atoms in total. The maximum atomic E-state index is 12.3. The number of rotatable bonds is 7. The Morgan fingerprint density at radius 2 is 1.56 bits per heavy atom. The minimum Gasteiger partial charge on any atom is -0.497 e. The Labute approximate surface area is 161 Å². The van der Waals surface area contributed by atoms with Gasteiger partial charge in [0.05, 0.1) is 12.0 Å². The van der Waals surface area contributed by atoms with Crippen LogP contribution in [-0.4, -0.2) is 34.5 Å². The number of methoxy groups -OCH3 is 1. The lowest BCUT2D eigenvalue weighted by Crippen LogP contribution is -2.34. The van der Waals surface area contributed by atoms with E-state index in [2.05, 4.69) is 30.8 Å². The van der Waals surface area contributed by atoms with E-state index < -0.39 is 10.0 Å². The molecule has 27 heavy (non-hydrogen) atoms. The molecule has 0 bridgehead atoms. The Bertz CT molecular complexity index is 868. The fourth-order valence-corrected chi connectivity index (χ4v) is 3.46. The highest BCUT2D eigenvalue weighted by Crippen LogP contribution is 2.23. The molecule has 1 amide bonds. The molecule has 0 aliphatic heterocycles. The van der Waals surface area contributed by atoms with Gasteiger partial charge in [-0.25, -0.2) is 13.1 Å². The van der Waals surface area contributed by atoms with E-state index in [1.165, 1.54) is 0 Å². The standard InChI is InChI=1S/C20H26N2O4S/c1-20(2,3)16-7-11-18(12-8-16)27(24,25)22-14-13-21-19(23)15-5-9-17(26-4)10-6-15/h5-12,22H,13-14H2,1-4H3,(H,21,23). The van der Waals surface area contributed by atoms with Gasteiger partial charge in [0.1, 0.15) is 5.75 Å². The highest BCUT2D eigenvalue weighted by molar-refractivity contribution is 7.89. The first-order chi connectivity index (χ1) is 12.6. The molecule has 0 radical (unpaired) electrons. The van der Waals surface area contributed by atoms with Gasteiger partial charge >= 0.3 is 0 Å². The second kappa shape index (κ2) is 8.54. The van der Waals surface area contributed by atoms with Crippen LogP contribution in [0.5, 0.6) is 5.75 Å². The van der Waals surface area contributed by atoms with Crippen molar-refractivity contribution in [3.8, 4) is 5.75 Å². The molecule has 0 heterocycles. The van der Waals surface area contributed by atoms with E-state index in [0.717, 1.165) is 5.56 Å². The molecule has 146 valence electrons. The van der Waals surface area contributed by atoms with Gasteiger partial charge in [-0.2, -0.15) is 0 Å². The molecule has 0 fully saturated rings. The Balaban J connectivity index is 1.87. The maximum Gasteiger partial charge on any atom is 0.251 e. The topological polar surface area (TPSA) is 84.5 Å². The highest BCUT2D eigenvalue weighted by atomic mass is 32.2. The molecule has 2 rings (SSSR count). The summed E-state index contributed by atoms with van der Waals surface area (Å²) in [5.74, 6) is 0.392. The maximum absolute atomic E-state index is 12.3. The average Bonchev–Trinajstić information content (AvgIpc) is 2.64. The summed E-state index contributed by atoms with van der Waals surface area (Å²) in [6.45, 7) is 6.50. The number of amides is 1. The molecular formula is C20H26N2O4S. The van der Waals surface area contributed by atoms with Gasteiger partial charge in [-0.1, -0.05) is 32.9 Å². The molecule has 2 aromatic rings. The van der Waals surface area contributed by atoms with Gasteiger partial charge in [-0.05, 0) is 47.4 Å². The van der Waals surface area contributed by atoms with E-state index in [1.807, 2.05) is 12.1 Å². The zero-order chi connectivity index (χ0) is 20.1. The van der Waals surface area contributed by atoms with Gasteiger partial charge in [0.15, 0.2) is 0 Å². The summed E-state index contributed by atoms with van der Waals surface area (Å²) in [7, 11) is -2.06. The molecule has 0 saturated carbocycles. The van der Waals surface area contributed by atoms with Crippen molar-refractivity contribution in [1.82, 2.24) is 10.0 Å². The van der Waals surface area contributed by atoms with E-state index in [9.17, 15) is 13.2 Å². The number of benzene rings is 2. The molecule has 0 aliphatic rings. The molecule has 0 unspecified atom stereocenters.